The minimum atomic E-state index is 0.278. The van der Waals surface area contributed by atoms with Crippen LogP contribution < -0.4 is 15.4 Å². The fraction of sp³-hybridized carbons (Fsp3) is 0.304. The molecule has 0 bridgehead atoms. The predicted molar refractivity (Wildman–Crippen MR) is 117 cm³/mol. The zero-order chi connectivity index (χ0) is 20.5. The zero-order valence-electron chi connectivity index (χ0n) is 17.0. The van der Waals surface area contributed by atoms with Crippen LogP contribution in [0.1, 0.15) is 29.7 Å². The molecule has 0 unspecified atom stereocenters. The van der Waals surface area contributed by atoms with Crippen molar-refractivity contribution in [2.75, 3.05) is 25.1 Å². The van der Waals surface area contributed by atoms with Crippen molar-refractivity contribution in [3.05, 3.63) is 65.7 Å². The Hall–Kier alpha value is -3.32. The molecule has 2 aliphatic rings. The number of hydrogen-bond acceptors (Lipinski definition) is 7. The first-order chi connectivity index (χ1) is 14.7. The van der Waals surface area contributed by atoms with Gasteiger partial charge in [0, 0.05) is 42.7 Å². The van der Waals surface area contributed by atoms with Crippen molar-refractivity contribution in [2.24, 2.45) is 10.7 Å². The summed E-state index contributed by atoms with van der Waals surface area (Å²) in [7, 11) is 1.65. The van der Waals surface area contributed by atoms with E-state index in [4.69, 9.17) is 20.4 Å². The van der Waals surface area contributed by atoms with Crippen LogP contribution in [0, 0.1) is 0 Å². The van der Waals surface area contributed by atoms with Crippen molar-refractivity contribution < 1.29 is 4.74 Å². The van der Waals surface area contributed by atoms with Crippen LogP contribution in [0.4, 0.5) is 5.95 Å². The van der Waals surface area contributed by atoms with Crippen molar-refractivity contribution in [1.29, 1.82) is 0 Å². The smallest absolute Gasteiger partial charge is 0.225 e. The molecule has 0 saturated carbocycles. The average Bonchev–Trinajstić information content (AvgIpc) is 3.23. The molecule has 0 radical (unpaired) electrons. The van der Waals surface area contributed by atoms with Crippen LogP contribution in [0.3, 0.4) is 0 Å². The summed E-state index contributed by atoms with van der Waals surface area (Å²) in [6.45, 7) is 2.44. The van der Waals surface area contributed by atoms with Gasteiger partial charge in [-0.1, -0.05) is 12.1 Å². The first-order valence-corrected chi connectivity index (χ1v) is 10.2. The predicted octanol–water partition coefficient (Wildman–Crippen LogP) is 2.83. The first kappa shape index (κ1) is 18.7. The van der Waals surface area contributed by atoms with Crippen LogP contribution in [0.25, 0.3) is 11.1 Å². The molecular weight excluding hydrogens is 376 g/mol. The monoisotopic (exact) mass is 400 g/mol. The molecule has 30 heavy (non-hydrogen) atoms. The largest absolute Gasteiger partial charge is 0.495 e. The Bertz CT molecular complexity index is 1100. The van der Waals surface area contributed by atoms with Crippen molar-refractivity contribution in [3.63, 3.8) is 0 Å². The van der Waals surface area contributed by atoms with E-state index in [0.29, 0.717) is 6.54 Å². The van der Waals surface area contributed by atoms with Crippen LogP contribution in [-0.2, 0) is 6.54 Å². The fourth-order valence-electron chi connectivity index (χ4n) is 4.00. The van der Waals surface area contributed by atoms with Gasteiger partial charge in [-0.2, -0.15) is 0 Å². The van der Waals surface area contributed by atoms with Crippen LogP contribution in [0.5, 0.6) is 5.75 Å². The van der Waals surface area contributed by atoms with Gasteiger partial charge in [-0.05, 0) is 42.2 Å². The number of ether oxygens (including phenoxy) is 1. The average molecular weight is 400 g/mol. The van der Waals surface area contributed by atoms with E-state index < -0.39 is 0 Å². The highest BCUT2D eigenvalue weighted by atomic mass is 16.5. The topological polar surface area (TPSA) is 89.5 Å². The summed E-state index contributed by atoms with van der Waals surface area (Å²) in [5, 5.41) is 0. The lowest BCUT2D eigenvalue weighted by Crippen LogP contribution is -2.40. The Balaban J connectivity index is 1.46. The molecule has 1 saturated heterocycles. The van der Waals surface area contributed by atoms with E-state index in [2.05, 4.69) is 33.1 Å². The lowest BCUT2D eigenvalue weighted by Gasteiger charge is -2.30. The van der Waals surface area contributed by atoms with Crippen molar-refractivity contribution in [3.8, 4) is 16.9 Å². The van der Waals surface area contributed by atoms with E-state index in [1.165, 1.54) is 5.56 Å². The van der Waals surface area contributed by atoms with Gasteiger partial charge in [0.05, 0.1) is 31.3 Å². The number of hydrogen-bond donors (Lipinski definition) is 1. The summed E-state index contributed by atoms with van der Waals surface area (Å²) in [5.41, 5.74) is 12.2. The number of benzene rings is 1. The molecule has 0 spiro atoms. The summed E-state index contributed by atoms with van der Waals surface area (Å²) in [6, 6.07) is 10.6. The van der Waals surface area contributed by atoms with E-state index in [0.717, 1.165) is 65.7 Å². The lowest BCUT2D eigenvalue weighted by molar-refractivity contribution is 0.413. The van der Waals surface area contributed by atoms with Crippen LogP contribution in [-0.4, -0.2) is 46.9 Å². The second-order valence-corrected chi connectivity index (χ2v) is 7.72. The van der Waals surface area contributed by atoms with Gasteiger partial charge in [0.25, 0.3) is 0 Å². The Morgan fingerprint density at radius 2 is 1.93 bits per heavy atom. The van der Waals surface area contributed by atoms with Crippen LogP contribution >= 0.6 is 0 Å². The molecule has 0 atom stereocenters. The Labute approximate surface area is 175 Å². The third kappa shape index (κ3) is 3.52. The Morgan fingerprint density at radius 1 is 1.07 bits per heavy atom. The maximum absolute atomic E-state index is 6.04. The number of fused-ring (bicyclic) bond motifs is 1. The number of nitrogens with two attached hydrogens (primary N) is 1. The Kier molecular flexibility index (Phi) is 4.88. The highest BCUT2D eigenvalue weighted by Gasteiger charge is 2.22. The number of methoxy groups -OCH3 is 1. The first-order valence-electron chi connectivity index (χ1n) is 10.2. The van der Waals surface area contributed by atoms with Gasteiger partial charge >= 0.3 is 0 Å². The second kappa shape index (κ2) is 7.84. The molecule has 7 nitrogen and oxygen atoms in total. The molecular formula is C23H24N6O. The summed E-state index contributed by atoms with van der Waals surface area (Å²) in [5.74, 6) is 1.49. The number of aliphatic imine (C=N–C) groups is 1. The number of nitrogens with zero attached hydrogens (tertiary/aromatic N) is 5. The summed E-state index contributed by atoms with van der Waals surface area (Å²) in [6.07, 6.45) is 7.31. The lowest BCUT2D eigenvalue weighted by atomic mass is 9.97. The van der Waals surface area contributed by atoms with Gasteiger partial charge in [0.2, 0.25) is 5.95 Å². The summed E-state index contributed by atoms with van der Waals surface area (Å²) in [4.78, 5) is 20.6. The third-order valence-electron chi connectivity index (χ3n) is 5.76. The molecule has 4 heterocycles. The second-order valence-electron chi connectivity index (χ2n) is 7.72. The maximum Gasteiger partial charge on any atom is 0.225 e. The summed E-state index contributed by atoms with van der Waals surface area (Å²) >= 11 is 0. The normalized spacial score (nSPS) is 16.3. The number of pyridine rings is 1. The molecule has 2 aliphatic heterocycles. The van der Waals surface area contributed by atoms with E-state index in [-0.39, 0.29) is 6.04 Å². The number of aromatic nitrogens is 3. The molecule has 152 valence electrons. The standard InChI is InChI=1S/C23H24N6O/c1-30-19-10-17(12-25-14-19)15-2-3-16-13-27-22(20(16)11-15)21-4-7-26-23(28-21)29-8-5-18(24)6-9-29/h2-4,7,10-12,14,18H,5-6,8-9,13,24H2,1H3. The minimum Gasteiger partial charge on any atom is -0.495 e. The van der Waals surface area contributed by atoms with E-state index in [9.17, 15) is 0 Å². The zero-order valence-corrected chi connectivity index (χ0v) is 17.0. The van der Waals surface area contributed by atoms with Gasteiger partial charge in [-0.15, -0.1) is 0 Å². The minimum absolute atomic E-state index is 0.278. The number of rotatable bonds is 4. The Morgan fingerprint density at radius 3 is 2.77 bits per heavy atom. The van der Waals surface area contributed by atoms with Gasteiger partial charge in [0.15, 0.2) is 0 Å². The van der Waals surface area contributed by atoms with Gasteiger partial charge in [0.1, 0.15) is 5.75 Å². The number of piperidine rings is 1. The van der Waals surface area contributed by atoms with Crippen molar-refractivity contribution in [1.82, 2.24) is 15.0 Å². The molecule has 0 aliphatic carbocycles. The van der Waals surface area contributed by atoms with Crippen molar-refractivity contribution in [2.45, 2.75) is 25.4 Å². The maximum atomic E-state index is 6.04. The number of anilines is 1. The highest BCUT2D eigenvalue weighted by Crippen LogP contribution is 2.30. The molecule has 3 aromatic rings. The van der Waals surface area contributed by atoms with Crippen molar-refractivity contribution >= 4 is 11.7 Å². The van der Waals surface area contributed by atoms with Gasteiger partial charge < -0.3 is 15.4 Å². The molecule has 1 fully saturated rings. The summed E-state index contributed by atoms with van der Waals surface area (Å²) < 4.78 is 5.32. The van der Waals surface area contributed by atoms with E-state index in [1.54, 1.807) is 13.3 Å². The molecule has 1 aromatic carbocycles. The SMILES string of the molecule is COc1cncc(-c2ccc3c(c2)C(c2ccnc(N4CCC(N)CC4)n2)=NC3)c1. The molecule has 0 amide bonds. The van der Waals surface area contributed by atoms with Crippen LogP contribution in [0.2, 0.25) is 0 Å². The molecule has 5 rings (SSSR count). The molecule has 7 heteroatoms. The molecule has 2 aromatic heterocycles. The fourth-order valence-corrected chi connectivity index (χ4v) is 4.00. The van der Waals surface area contributed by atoms with Crippen LogP contribution in [0.15, 0.2) is 53.9 Å². The third-order valence-corrected chi connectivity index (χ3v) is 5.76. The van der Waals surface area contributed by atoms with Gasteiger partial charge in [-0.25, -0.2) is 9.97 Å². The quantitative estimate of drug-likeness (QED) is 0.724. The highest BCUT2D eigenvalue weighted by molar-refractivity contribution is 6.14. The molecule has 2 N–H and O–H groups in total. The van der Waals surface area contributed by atoms with E-state index in [1.807, 2.05) is 24.5 Å². The van der Waals surface area contributed by atoms with Gasteiger partial charge in [-0.3, -0.25) is 9.98 Å². The van der Waals surface area contributed by atoms with E-state index >= 15 is 0 Å².